The van der Waals surface area contributed by atoms with Crippen LogP contribution in [0, 0.1) is 0 Å². The molecule has 2 aliphatic rings. The fourth-order valence-corrected chi connectivity index (χ4v) is 4.89. The number of ether oxygens (including phenoxy) is 1. The second kappa shape index (κ2) is 10.4. The van der Waals surface area contributed by atoms with E-state index in [0.717, 1.165) is 68.5 Å². The molecule has 0 radical (unpaired) electrons. The van der Waals surface area contributed by atoms with E-state index in [4.69, 9.17) is 4.74 Å². The summed E-state index contributed by atoms with van der Waals surface area (Å²) < 4.78 is 5.83. The van der Waals surface area contributed by atoms with Crippen LogP contribution in [0.3, 0.4) is 0 Å². The summed E-state index contributed by atoms with van der Waals surface area (Å²) in [7, 11) is 0. The van der Waals surface area contributed by atoms with E-state index < -0.39 is 0 Å². The molecule has 0 unspecified atom stereocenters. The Labute approximate surface area is 206 Å². The molecule has 3 heterocycles. The van der Waals surface area contributed by atoms with Crippen molar-refractivity contribution in [2.75, 3.05) is 49.5 Å². The van der Waals surface area contributed by atoms with E-state index >= 15 is 0 Å². The number of nitrogens with one attached hydrogen (secondary N) is 1. The van der Waals surface area contributed by atoms with Crippen molar-refractivity contribution in [2.45, 2.75) is 32.6 Å². The summed E-state index contributed by atoms with van der Waals surface area (Å²) in [4.78, 5) is 32.7. The number of benzene rings is 2. The van der Waals surface area contributed by atoms with E-state index in [0.29, 0.717) is 24.7 Å². The zero-order valence-electron chi connectivity index (χ0n) is 20.3. The van der Waals surface area contributed by atoms with Crippen molar-refractivity contribution in [1.29, 1.82) is 0 Å². The lowest BCUT2D eigenvalue weighted by Gasteiger charge is -2.36. The van der Waals surface area contributed by atoms with Crippen molar-refractivity contribution in [3.8, 4) is 5.88 Å². The maximum atomic E-state index is 11.7. The summed E-state index contributed by atoms with van der Waals surface area (Å²) in [6.45, 7) is 7.36. The average Bonchev–Trinajstić information content (AvgIpc) is 2.88. The van der Waals surface area contributed by atoms with Gasteiger partial charge in [0.1, 0.15) is 5.82 Å². The predicted molar refractivity (Wildman–Crippen MR) is 139 cm³/mol. The van der Waals surface area contributed by atoms with Gasteiger partial charge in [-0.2, -0.15) is 4.98 Å². The summed E-state index contributed by atoms with van der Waals surface area (Å²) in [6, 6.07) is 16.2. The fraction of sp³-hybridized carbons (Fsp3) is 0.393. The number of carbonyl (C=O) groups excluding carboxylic acids is 2. The van der Waals surface area contributed by atoms with Crippen molar-refractivity contribution >= 4 is 34.0 Å². The van der Waals surface area contributed by atoms with E-state index in [1.165, 1.54) is 11.1 Å². The molecule has 2 aliphatic heterocycles. The van der Waals surface area contributed by atoms with Gasteiger partial charge in [0.05, 0.1) is 6.61 Å². The molecule has 7 heteroatoms. The van der Waals surface area contributed by atoms with Gasteiger partial charge in [-0.05, 0) is 61.9 Å². The standard InChI is InChI=1S/C28H32N4O3/c1-20(33)22-7-10-24-23(19-22)5-4-6-25(24)32-16-14-31(15-17-32)13-2-3-18-35-27-12-9-21-8-11-26(34)29-28(21)30-27/h4-7,9-10,12,19H,2-3,8,11,13-18H2,1H3,(H,29,30,34). The first-order valence-corrected chi connectivity index (χ1v) is 12.5. The van der Waals surface area contributed by atoms with Gasteiger partial charge in [-0.25, -0.2) is 0 Å². The van der Waals surface area contributed by atoms with E-state index in [1.807, 2.05) is 24.3 Å². The minimum atomic E-state index is 0.0183. The monoisotopic (exact) mass is 472 g/mol. The number of anilines is 2. The number of piperazine rings is 1. The summed E-state index contributed by atoms with van der Waals surface area (Å²) >= 11 is 0. The maximum Gasteiger partial charge on any atom is 0.225 e. The Morgan fingerprint density at radius 3 is 2.71 bits per heavy atom. The number of fused-ring (bicyclic) bond motifs is 2. The number of rotatable bonds is 8. The molecule has 0 bridgehead atoms. The number of Topliss-reactive ketones (excluding diaryl/α,β-unsaturated/α-hetero) is 1. The van der Waals surface area contributed by atoms with Gasteiger partial charge in [-0.15, -0.1) is 0 Å². The van der Waals surface area contributed by atoms with Crippen molar-refractivity contribution < 1.29 is 14.3 Å². The molecule has 1 N–H and O–H groups in total. The minimum absolute atomic E-state index is 0.0183. The maximum absolute atomic E-state index is 11.7. The van der Waals surface area contributed by atoms with Crippen LogP contribution in [0.25, 0.3) is 10.8 Å². The number of aromatic nitrogens is 1. The third-order valence-electron chi connectivity index (χ3n) is 6.93. The van der Waals surface area contributed by atoms with Gasteiger partial charge in [0.2, 0.25) is 11.8 Å². The van der Waals surface area contributed by atoms with Gasteiger partial charge in [0.25, 0.3) is 0 Å². The molecule has 2 aromatic carbocycles. The number of ketones is 1. The molecule has 1 fully saturated rings. The number of amides is 1. The Morgan fingerprint density at radius 1 is 1.03 bits per heavy atom. The lowest BCUT2D eigenvalue weighted by atomic mass is 10.0. The quantitative estimate of drug-likeness (QED) is 0.389. The van der Waals surface area contributed by atoms with Crippen LogP contribution in [0.5, 0.6) is 5.88 Å². The molecule has 0 atom stereocenters. The molecular weight excluding hydrogens is 440 g/mol. The van der Waals surface area contributed by atoms with E-state index in [9.17, 15) is 9.59 Å². The number of nitrogens with zero attached hydrogens (tertiary/aromatic N) is 3. The van der Waals surface area contributed by atoms with Gasteiger partial charge in [-0.1, -0.05) is 24.3 Å². The van der Waals surface area contributed by atoms with Crippen LogP contribution in [0.4, 0.5) is 11.5 Å². The number of hydrogen-bond donors (Lipinski definition) is 1. The highest BCUT2D eigenvalue weighted by atomic mass is 16.5. The van der Waals surface area contributed by atoms with Gasteiger partial charge in [-0.3, -0.25) is 14.5 Å². The molecule has 1 amide bonds. The highest BCUT2D eigenvalue weighted by Crippen LogP contribution is 2.29. The first-order valence-electron chi connectivity index (χ1n) is 12.5. The SMILES string of the molecule is CC(=O)c1ccc2c(N3CCN(CCCCOc4ccc5c(n4)NC(=O)CC5)CC3)cccc2c1. The summed E-state index contributed by atoms with van der Waals surface area (Å²) in [5.41, 5.74) is 3.08. The number of pyridine rings is 1. The Morgan fingerprint density at radius 2 is 1.89 bits per heavy atom. The molecule has 0 saturated carbocycles. The third-order valence-corrected chi connectivity index (χ3v) is 6.93. The molecular formula is C28H32N4O3. The molecule has 0 aliphatic carbocycles. The Balaban J connectivity index is 1.07. The number of aryl methyl sites for hydroxylation is 1. The minimum Gasteiger partial charge on any atom is -0.478 e. The predicted octanol–water partition coefficient (Wildman–Crippen LogP) is 4.30. The largest absolute Gasteiger partial charge is 0.478 e. The Kier molecular flexibility index (Phi) is 6.95. The molecule has 1 saturated heterocycles. The molecule has 0 spiro atoms. The lowest BCUT2D eigenvalue weighted by molar-refractivity contribution is -0.116. The molecule has 182 valence electrons. The lowest BCUT2D eigenvalue weighted by Crippen LogP contribution is -2.46. The Hall–Kier alpha value is -3.45. The molecule has 35 heavy (non-hydrogen) atoms. The smallest absolute Gasteiger partial charge is 0.225 e. The Bertz CT molecular complexity index is 1230. The van der Waals surface area contributed by atoms with Gasteiger partial charge >= 0.3 is 0 Å². The van der Waals surface area contributed by atoms with Crippen LogP contribution >= 0.6 is 0 Å². The van der Waals surface area contributed by atoms with Crippen LogP contribution in [0.2, 0.25) is 0 Å². The third kappa shape index (κ3) is 5.46. The average molecular weight is 473 g/mol. The van der Waals surface area contributed by atoms with E-state index in [-0.39, 0.29) is 11.7 Å². The van der Waals surface area contributed by atoms with E-state index in [2.05, 4.69) is 44.4 Å². The molecule has 5 rings (SSSR count). The van der Waals surface area contributed by atoms with Gasteiger partial charge in [0.15, 0.2) is 5.78 Å². The highest BCUT2D eigenvalue weighted by molar-refractivity contribution is 6.01. The van der Waals surface area contributed by atoms with Crippen LogP contribution in [-0.2, 0) is 11.2 Å². The van der Waals surface area contributed by atoms with Gasteiger partial charge in [0, 0.05) is 55.3 Å². The van der Waals surface area contributed by atoms with Crippen LogP contribution < -0.4 is 15.0 Å². The second-order valence-corrected chi connectivity index (χ2v) is 9.36. The normalized spacial score (nSPS) is 16.1. The summed E-state index contributed by atoms with van der Waals surface area (Å²) in [5.74, 6) is 1.33. The molecule has 3 aromatic rings. The summed E-state index contributed by atoms with van der Waals surface area (Å²) in [5, 5.41) is 5.15. The zero-order chi connectivity index (χ0) is 24.2. The number of unbranched alkanes of at least 4 members (excludes halogenated alkanes) is 1. The number of hydrogen-bond acceptors (Lipinski definition) is 6. The molecule has 1 aromatic heterocycles. The second-order valence-electron chi connectivity index (χ2n) is 9.36. The van der Waals surface area contributed by atoms with Crippen LogP contribution in [0.1, 0.15) is 42.1 Å². The summed E-state index contributed by atoms with van der Waals surface area (Å²) in [6.07, 6.45) is 3.30. The van der Waals surface area contributed by atoms with E-state index in [1.54, 1.807) is 6.92 Å². The van der Waals surface area contributed by atoms with Crippen molar-refractivity contribution in [1.82, 2.24) is 9.88 Å². The number of carbonyl (C=O) groups is 2. The zero-order valence-corrected chi connectivity index (χ0v) is 20.3. The fourth-order valence-electron chi connectivity index (χ4n) is 4.89. The van der Waals surface area contributed by atoms with Crippen LogP contribution in [0.15, 0.2) is 48.5 Å². The highest BCUT2D eigenvalue weighted by Gasteiger charge is 2.19. The first kappa shape index (κ1) is 23.3. The van der Waals surface area contributed by atoms with Crippen molar-refractivity contribution in [3.63, 3.8) is 0 Å². The van der Waals surface area contributed by atoms with Crippen LogP contribution in [-0.4, -0.2) is 60.9 Å². The topological polar surface area (TPSA) is 74.8 Å². The van der Waals surface area contributed by atoms with Gasteiger partial charge < -0.3 is 15.0 Å². The van der Waals surface area contributed by atoms with Crippen molar-refractivity contribution in [3.05, 3.63) is 59.7 Å². The molecule has 7 nitrogen and oxygen atoms in total. The first-order chi connectivity index (χ1) is 17.1. The van der Waals surface area contributed by atoms with Crippen molar-refractivity contribution in [2.24, 2.45) is 0 Å².